The first-order valence-electron chi connectivity index (χ1n) is 14.8. The van der Waals surface area contributed by atoms with Crippen LogP contribution in [0.25, 0.3) is 11.0 Å². The Morgan fingerprint density at radius 1 is 1.07 bits per heavy atom. The summed E-state index contributed by atoms with van der Waals surface area (Å²) in [6.07, 6.45) is 10.3. The van der Waals surface area contributed by atoms with E-state index in [-0.39, 0.29) is 17.9 Å². The molecule has 44 heavy (non-hydrogen) atoms. The van der Waals surface area contributed by atoms with Gasteiger partial charge in [0.05, 0.1) is 0 Å². The second kappa shape index (κ2) is 12.7. The summed E-state index contributed by atoms with van der Waals surface area (Å²) in [6, 6.07) is 13.1. The number of ether oxygens (including phenoxy) is 1. The molecule has 4 aromatic rings. The van der Waals surface area contributed by atoms with Crippen LogP contribution >= 0.6 is 0 Å². The van der Waals surface area contributed by atoms with Crippen LogP contribution in [0.5, 0.6) is 11.5 Å². The summed E-state index contributed by atoms with van der Waals surface area (Å²) in [5, 5.41) is 14.5. The van der Waals surface area contributed by atoms with Crippen molar-refractivity contribution >= 4 is 40.2 Å². The molecule has 1 saturated carbocycles. The number of likely N-dealkylation sites (tertiary alicyclic amines) is 1. The van der Waals surface area contributed by atoms with Crippen LogP contribution in [-0.4, -0.2) is 94.6 Å². The highest BCUT2D eigenvalue weighted by atomic mass is 16.5. The van der Waals surface area contributed by atoms with Crippen molar-refractivity contribution in [2.45, 2.75) is 31.3 Å². The monoisotopic (exact) mass is 595 g/mol. The molecule has 1 atom stereocenters. The van der Waals surface area contributed by atoms with Crippen LogP contribution in [0.1, 0.15) is 29.6 Å². The van der Waals surface area contributed by atoms with E-state index >= 15 is 0 Å². The van der Waals surface area contributed by atoms with Gasteiger partial charge in [-0.05, 0) is 56.6 Å². The minimum Gasteiger partial charge on any atom is -0.456 e. The third kappa shape index (κ3) is 6.81. The maximum Gasteiger partial charge on any atom is 0.256 e. The van der Waals surface area contributed by atoms with Gasteiger partial charge in [-0.25, -0.2) is 9.97 Å². The van der Waals surface area contributed by atoms with Crippen molar-refractivity contribution in [3.05, 3.63) is 72.6 Å². The van der Waals surface area contributed by atoms with Gasteiger partial charge in [-0.3, -0.25) is 19.6 Å². The number of H-pyrrole nitrogens is 1. The zero-order valence-electron chi connectivity index (χ0n) is 25.2. The molecule has 1 aliphatic carbocycles. The van der Waals surface area contributed by atoms with Crippen LogP contribution in [0.2, 0.25) is 0 Å². The Balaban J connectivity index is 1.08. The molecule has 3 aromatic heterocycles. The molecule has 0 bridgehead atoms. The Kier molecular flexibility index (Phi) is 8.42. The van der Waals surface area contributed by atoms with Gasteiger partial charge in [0.1, 0.15) is 22.7 Å². The van der Waals surface area contributed by atoms with E-state index in [9.17, 15) is 9.59 Å². The molecule has 2 fully saturated rings. The summed E-state index contributed by atoms with van der Waals surface area (Å²) < 4.78 is 6.23. The van der Waals surface area contributed by atoms with Gasteiger partial charge in [-0.2, -0.15) is 5.10 Å². The topological polar surface area (TPSA) is 132 Å². The van der Waals surface area contributed by atoms with Gasteiger partial charge in [-0.1, -0.05) is 6.08 Å². The van der Waals surface area contributed by atoms with E-state index in [0.29, 0.717) is 58.9 Å². The normalized spacial score (nSPS) is 16.5. The first-order valence-corrected chi connectivity index (χ1v) is 14.8. The van der Waals surface area contributed by atoms with E-state index in [0.717, 1.165) is 18.7 Å². The largest absolute Gasteiger partial charge is 0.456 e. The van der Waals surface area contributed by atoms with Gasteiger partial charge in [0.25, 0.3) is 5.91 Å². The lowest BCUT2D eigenvalue weighted by Crippen LogP contribution is -2.30. The number of fused-ring (bicyclic) bond motifs is 1. The molecule has 6 rings (SSSR count). The number of nitrogens with zero attached hydrogens (tertiary/aromatic N) is 6. The number of benzene rings is 1. The van der Waals surface area contributed by atoms with Gasteiger partial charge < -0.3 is 25.2 Å². The molecular formula is C32H37N9O3. The fraction of sp³-hybridized carbons (Fsp3) is 0.344. The molecular weight excluding hydrogens is 558 g/mol. The van der Waals surface area contributed by atoms with E-state index in [4.69, 9.17) is 4.74 Å². The van der Waals surface area contributed by atoms with Gasteiger partial charge in [-0.15, -0.1) is 0 Å². The molecule has 1 aliphatic heterocycles. The maximum atomic E-state index is 12.8. The van der Waals surface area contributed by atoms with Crippen LogP contribution in [0.15, 0.2) is 67.0 Å². The van der Waals surface area contributed by atoms with Gasteiger partial charge >= 0.3 is 0 Å². The molecule has 0 spiro atoms. The Bertz CT molecular complexity index is 1660. The summed E-state index contributed by atoms with van der Waals surface area (Å²) in [5.41, 5.74) is 2.00. The van der Waals surface area contributed by atoms with Crippen molar-refractivity contribution in [1.82, 2.24) is 30.0 Å². The number of hydrogen-bond acceptors (Lipinski definition) is 9. The number of pyridine rings is 2. The van der Waals surface area contributed by atoms with Crippen molar-refractivity contribution in [2.24, 2.45) is 0 Å². The highest BCUT2D eigenvalue weighted by molar-refractivity contribution is 6.04. The summed E-state index contributed by atoms with van der Waals surface area (Å²) in [7, 11) is 5.96. The molecule has 3 N–H and O–H groups in total. The summed E-state index contributed by atoms with van der Waals surface area (Å²) >= 11 is 0. The van der Waals surface area contributed by atoms with Gasteiger partial charge in [0, 0.05) is 87.7 Å². The number of carbonyl (C=O) groups excluding carboxylic acids is 2. The standard InChI is InChI=1S/C32H37N9O3/c1-39(2)24-12-15-33-27(19-24)36-32(43)21-6-10-25(11-7-21)44-26-13-16-34-30-29(26)31(38-37-30)35-22-14-18-41(20-22)28(42)5-4-17-40(3)23-8-9-23/h4-7,10-13,15-16,19,22-23H,8-9,14,17-18,20H2,1-3H3,(H,33,36,43)(H2,34,35,37,38). The van der Waals surface area contributed by atoms with Gasteiger partial charge in [0.2, 0.25) is 5.91 Å². The number of anilines is 3. The molecule has 2 aliphatic rings. The van der Waals surface area contributed by atoms with Crippen LogP contribution in [0.4, 0.5) is 17.3 Å². The molecule has 2 amide bonds. The van der Waals surface area contributed by atoms with Crippen molar-refractivity contribution < 1.29 is 14.3 Å². The summed E-state index contributed by atoms with van der Waals surface area (Å²) in [5.74, 6) is 1.99. The molecule has 1 unspecified atom stereocenters. The van der Waals surface area contributed by atoms with E-state index in [1.807, 2.05) is 42.1 Å². The molecule has 1 aromatic carbocycles. The second-order valence-electron chi connectivity index (χ2n) is 11.5. The fourth-order valence-electron chi connectivity index (χ4n) is 5.23. The predicted octanol–water partition coefficient (Wildman–Crippen LogP) is 4.13. The van der Waals surface area contributed by atoms with Crippen LogP contribution in [0.3, 0.4) is 0 Å². The third-order valence-electron chi connectivity index (χ3n) is 7.93. The average Bonchev–Trinajstić information content (AvgIpc) is 3.64. The average molecular weight is 596 g/mol. The molecule has 228 valence electrons. The van der Waals surface area contributed by atoms with Crippen LogP contribution in [-0.2, 0) is 4.79 Å². The minimum atomic E-state index is -0.266. The quantitative estimate of drug-likeness (QED) is 0.219. The highest BCUT2D eigenvalue weighted by Crippen LogP contribution is 2.34. The van der Waals surface area contributed by atoms with Crippen molar-refractivity contribution in [3.63, 3.8) is 0 Å². The molecule has 0 radical (unpaired) electrons. The molecule has 12 nitrogen and oxygen atoms in total. The summed E-state index contributed by atoms with van der Waals surface area (Å²) in [4.78, 5) is 40.3. The van der Waals surface area contributed by atoms with Crippen molar-refractivity contribution in [1.29, 1.82) is 0 Å². The van der Waals surface area contributed by atoms with Crippen molar-refractivity contribution in [3.8, 4) is 11.5 Å². The van der Waals surface area contributed by atoms with Gasteiger partial charge in [0.15, 0.2) is 11.5 Å². The Morgan fingerprint density at radius 2 is 1.86 bits per heavy atom. The number of nitrogens with one attached hydrogen (secondary N) is 3. The minimum absolute atomic E-state index is 0.0338. The van der Waals surface area contributed by atoms with E-state index in [2.05, 4.69) is 42.7 Å². The number of carbonyl (C=O) groups is 2. The Hall–Kier alpha value is -4.97. The number of likely N-dealkylation sites (N-methyl/N-ethyl adjacent to an activating group) is 1. The molecule has 4 heterocycles. The number of amides is 2. The lowest BCUT2D eigenvalue weighted by Gasteiger charge is -2.16. The van der Waals surface area contributed by atoms with E-state index < -0.39 is 0 Å². The third-order valence-corrected chi connectivity index (χ3v) is 7.93. The van der Waals surface area contributed by atoms with Crippen molar-refractivity contribution in [2.75, 3.05) is 56.3 Å². The second-order valence-corrected chi connectivity index (χ2v) is 11.5. The van der Waals surface area contributed by atoms with Crippen LogP contribution in [0, 0.1) is 0 Å². The number of rotatable bonds is 11. The SMILES string of the molecule is CN(C)c1ccnc(NC(=O)c2ccc(Oc3ccnc4[nH]nc(NC5CCN(C(=O)C=CCN(C)C6CC6)C5)c34)cc2)c1. The smallest absolute Gasteiger partial charge is 0.256 e. The number of aromatic nitrogens is 4. The highest BCUT2D eigenvalue weighted by Gasteiger charge is 2.27. The lowest BCUT2D eigenvalue weighted by atomic mass is 10.2. The fourth-order valence-corrected chi connectivity index (χ4v) is 5.23. The number of hydrogen-bond donors (Lipinski definition) is 3. The first-order chi connectivity index (χ1) is 21.3. The number of aromatic amines is 1. The van der Waals surface area contributed by atoms with E-state index in [1.54, 1.807) is 48.8 Å². The lowest BCUT2D eigenvalue weighted by molar-refractivity contribution is -0.125. The van der Waals surface area contributed by atoms with Crippen LogP contribution < -0.4 is 20.3 Å². The maximum absolute atomic E-state index is 12.8. The Labute approximate surface area is 256 Å². The zero-order chi connectivity index (χ0) is 30.6. The zero-order valence-corrected chi connectivity index (χ0v) is 25.2. The first kappa shape index (κ1) is 29.1. The molecule has 12 heteroatoms. The Morgan fingerprint density at radius 3 is 2.64 bits per heavy atom. The predicted molar refractivity (Wildman–Crippen MR) is 170 cm³/mol. The molecule has 1 saturated heterocycles. The summed E-state index contributed by atoms with van der Waals surface area (Å²) in [6.45, 7) is 2.06. The van der Waals surface area contributed by atoms with E-state index in [1.165, 1.54) is 12.8 Å².